The predicted molar refractivity (Wildman–Crippen MR) is 200 cm³/mol. The van der Waals surface area contributed by atoms with Gasteiger partial charge >= 0.3 is 0 Å². The summed E-state index contributed by atoms with van der Waals surface area (Å²) in [5, 5.41) is 12.7. The van der Waals surface area contributed by atoms with Gasteiger partial charge in [-0.1, -0.05) is 122 Å². The Morgan fingerprint density at radius 3 is 1.46 bits per heavy atom. The highest BCUT2D eigenvalue weighted by molar-refractivity contribution is 6.24. The van der Waals surface area contributed by atoms with Gasteiger partial charge in [0, 0.05) is 47.0 Å². The Morgan fingerprint density at radius 2 is 0.870 bits per heavy atom. The third-order valence-electron chi connectivity index (χ3n) is 10.0. The summed E-state index contributed by atoms with van der Waals surface area (Å²) >= 11 is 0. The molecule has 2 aromatic heterocycles. The zero-order valence-corrected chi connectivity index (χ0v) is 26.0. The van der Waals surface area contributed by atoms with Crippen molar-refractivity contribution in [2.75, 3.05) is 0 Å². The van der Waals surface area contributed by atoms with E-state index in [4.69, 9.17) is 0 Å². The molecular formula is C44H32N2. The van der Waals surface area contributed by atoms with E-state index in [1.807, 2.05) is 12.2 Å². The van der Waals surface area contributed by atoms with Crippen LogP contribution in [-0.4, -0.2) is 9.13 Å². The molecule has 46 heavy (non-hydrogen) atoms. The number of hydrogen-bond acceptors (Lipinski definition) is 0. The van der Waals surface area contributed by atoms with Crippen molar-refractivity contribution in [3.8, 4) is 22.5 Å². The standard InChI is InChI=1S/C44H32N2/c1-5-27-11-13-31(23-28(27)6-2)41-25-33-15-17-37-35-20-22-40-38(36(35)19-21-39(37)43(33)45(41)3)18-16-34-26-42(46(4)44(34)40)32-14-12-29-9-7-8-10-30(29)24-32/h5-26H,1-2H2,3-4H3. The van der Waals surface area contributed by atoms with Gasteiger partial charge in [-0.3, -0.25) is 0 Å². The van der Waals surface area contributed by atoms with E-state index in [1.165, 1.54) is 87.4 Å². The maximum Gasteiger partial charge on any atom is 0.0562 e. The van der Waals surface area contributed by atoms with Crippen LogP contribution >= 0.6 is 0 Å². The number of aromatic nitrogens is 2. The van der Waals surface area contributed by atoms with Crippen molar-refractivity contribution < 1.29 is 0 Å². The van der Waals surface area contributed by atoms with Crippen LogP contribution < -0.4 is 0 Å². The van der Waals surface area contributed by atoms with E-state index < -0.39 is 0 Å². The smallest absolute Gasteiger partial charge is 0.0562 e. The van der Waals surface area contributed by atoms with Gasteiger partial charge in [0.2, 0.25) is 0 Å². The number of rotatable bonds is 4. The zero-order valence-electron chi connectivity index (χ0n) is 26.0. The molecular weight excluding hydrogens is 556 g/mol. The lowest BCUT2D eigenvalue weighted by molar-refractivity contribution is 0.982. The molecule has 0 N–H and O–H groups in total. The van der Waals surface area contributed by atoms with E-state index in [9.17, 15) is 0 Å². The minimum atomic E-state index is 1.09. The second-order valence-electron chi connectivity index (χ2n) is 12.4. The van der Waals surface area contributed by atoms with Crippen molar-refractivity contribution >= 4 is 77.0 Å². The summed E-state index contributed by atoms with van der Waals surface area (Å²) < 4.78 is 4.70. The first kappa shape index (κ1) is 26.5. The maximum atomic E-state index is 4.02. The highest BCUT2D eigenvalue weighted by Gasteiger charge is 2.16. The van der Waals surface area contributed by atoms with Crippen LogP contribution in [0.1, 0.15) is 11.1 Å². The number of benzene rings is 7. The Hall–Kier alpha value is -5.86. The maximum absolute atomic E-state index is 4.02. The van der Waals surface area contributed by atoms with Gasteiger partial charge in [0.15, 0.2) is 0 Å². The van der Waals surface area contributed by atoms with Crippen LogP contribution in [0.3, 0.4) is 0 Å². The minimum Gasteiger partial charge on any atom is -0.343 e. The van der Waals surface area contributed by atoms with Gasteiger partial charge in [0.05, 0.1) is 11.0 Å². The normalized spacial score (nSPS) is 11.9. The highest BCUT2D eigenvalue weighted by Crippen LogP contribution is 2.40. The Bertz CT molecular complexity index is 2750. The van der Waals surface area contributed by atoms with Gasteiger partial charge in [0.1, 0.15) is 0 Å². The molecule has 0 fully saturated rings. The molecule has 0 aliphatic rings. The largest absolute Gasteiger partial charge is 0.343 e. The molecule has 0 aliphatic carbocycles. The number of nitrogens with zero attached hydrogens (tertiary/aromatic N) is 2. The van der Waals surface area contributed by atoms with Crippen LogP contribution in [0.4, 0.5) is 0 Å². The predicted octanol–water partition coefficient (Wildman–Crippen LogP) is 11.9. The van der Waals surface area contributed by atoms with Crippen molar-refractivity contribution in [1.29, 1.82) is 0 Å². The number of aryl methyl sites for hydroxylation is 2. The Balaban J connectivity index is 1.23. The summed E-state index contributed by atoms with van der Waals surface area (Å²) in [6, 6.07) is 44.9. The van der Waals surface area contributed by atoms with E-state index in [2.05, 4.69) is 158 Å². The summed E-state index contributed by atoms with van der Waals surface area (Å²) in [6.45, 7) is 7.98. The van der Waals surface area contributed by atoms with Crippen LogP contribution in [-0.2, 0) is 14.1 Å². The highest BCUT2D eigenvalue weighted by atomic mass is 15.0. The van der Waals surface area contributed by atoms with Crippen LogP contribution in [0.5, 0.6) is 0 Å². The van der Waals surface area contributed by atoms with E-state index in [1.54, 1.807) is 0 Å². The van der Waals surface area contributed by atoms with Crippen molar-refractivity contribution in [2.45, 2.75) is 0 Å². The van der Waals surface area contributed by atoms with Gasteiger partial charge < -0.3 is 9.13 Å². The number of fused-ring (bicyclic) bond motifs is 10. The second-order valence-corrected chi connectivity index (χ2v) is 12.4. The third-order valence-corrected chi connectivity index (χ3v) is 10.0. The first-order chi connectivity index (χ1) is 22.5. The lowest BCUT2D eigenvalue weighted by Crippen LogP contribution is -1.94. The molecule has 0 bridgehead atoms. The van der Waals surface area contributed by atoms with Crippen LogP contribution in [0.25, 0.3) is 99.6 Å². The van der Waals surface area contributed by atoms with E-state index in [0.717, 1.165) is 11.1 Å². The average molecular weight is 589 g/mol. The van der Waals surface area contributed by atoms with Crippen molar-refractivity contribution in [3.63, 3.8) is 0 Å². The monoisotopic (exact) mass is 588 g/mol. The lowest BCUT2D eigenvalue weighted by Gasteiger charge is -2.12. The van der Waals surface area contributed by atoms with Gasteiger partial charge in [-0.05, 0) is 78.8 Å². The minimum absolute atomic E-state index is 1.09. The number of hydrogen-bond donors (Lipinski definition) is 0. The van der Waals surface area contributed by atoms with Gasteiger partial charge in [-0.2, -0.15) is 0 Å². The van der Waals surface area contributed by atoms with Gasteiger partial charge in [0.25, 0.3) is 0 Å². The molecule has 0 aliphatic heterocycles. The first-order valence-corrected chi connectivity index (χ1v) is 15.8. The SMILES string of the molecule is C=Cc1ccc(-c2cc3ccc4c5ccc6c(ccc7cc(-c8ccc9ccccc9c8)n(C)c76)c5ccc4c3n2C)cc1C=C. The first-order valence-electron chi connectivity index (χ1n) is 15.8. The van der Waals surface area contributed by atoms with E-state index in [0.29, 0.717) is 0 Å². The molecule has 218 valence electrons. The molecule has 0 spiro atoms. The Kier molecular flexibility index (Phi) is 5.67. The summed E-state index contributed by atoms with van der Waals surface area (Å²) in [4.78, 5) is 0. The fourth-order valence-electron chi connectivity index (χ4n) is 7.75. The molecule has 0 saturated heterocycles. The van der Waals surface area contributed by atoms with Gasteiger partial charge in [-0.15, -0.1) is 0 Å². The molecule has 7 aromatic carbocycles. The molecule has 0 unspecified atom stereocenters. The van der Waals surface area contributed by atoms with Crippen LogP contribution in [0.15, 0.2) is 134 Å². The van der Waals surface area contributed by atoms with E-state index >= 15 is 0 Å². The molecule has 0 saturated carbocycles. The molecule has 2 heterocycles. The van der Waals surface area contributed by atoms with Crippen LogP contribution in [0.2, 0.25) is 0 Å². The fourth-order valence-corrected chi connectivity index (χ4v) is 7.75. The molecule has 0 atom stereocenters. The third kappa shape index (κ3) is 3.71. The second kappa shape index (κ2) is 9.82. The molecule has 9 rings (SSSR count). The summed E-state index contributed by atoms with van der Waals surface area (Å²) in [5.41, 5.74) is 9.54. The quantitative estimate of drug-likeness (QED) is 0.181. The molecule has 2 heteroatoms. The average Bonchev–Trinajstić information content (AvgIpc) is 3.63. The summed E-state index contributed by atoms with van der Waals surface area (Å²) in [7, 11) is 4.37. The fraction of sp³-hybridized carbons (Fsp3) is 0.0455. The molecule has 0 radical (unpaired) electrons. The molecule has 9 aromatic rings. The lowest BCUT2D eigenvalue weighted by atomic mass is 9.95. The van der Waals surface area contributed by atoms with E-state index in [-0.39, 0.29) is 0 Å². The molecule has 0 amide bonds. The van der Waals surface area contributed by atoms with Crippen molar-refractivity contribution in [1.82, 2.24) is 9.13 Å². The van der Waals surface area contributed by atoms with Crippen molar-refractivity contribution in [3.05, 3.63) is 146 Å². The summed E-state index contributed by atoms with van der Waals surface area (Å²) in [5.74, 6) is 0. The zero-order chi connectivity index (χ0) is 31.1. The topological polar surface area (TPSA) is 9.86 Å². The summed E-state index contributed by atoms with van der Waals surface area (Å²) in [6.07, 6.45) is 3.79. The van der Waals surface area contributed by atoms with Crippen LogP contribution in [0, 0.1) is 0 Å². The Labute approximate surface area is 267 Å². The van der Waals surface area contributed by atoms with Gasteiger partial charge in [-0.25, -0.2) is 0 Å². The molecule has 2 nitrogen and oxygen atoms in total. The van der Waals surface area contributed by atoms with Crippen molar-refractivity contribution in [2.24, 2.45) is 14.1 Å². The Morgan fingerprint density at radius 1 is 0.413 bits per heavy atom.